The van der Waals surface area contributed by atoms with Gasteiger partial charge in [-0.2, -0.15) is 0 Å². The second-order valence-electron chi connectivity index (χ2n) is 7.52. The van der Waals surface area contributed by atoms with E-state index in [2.05, 4.69) is 16.0 Å². The molecule has 0 saturated carbocycles. The molecule has 0 aromatic heterocycles. The van der Waals surface area contributed by atoms with Crippen molar-refractivity contribution in [3.63, 3.8) is 0 Å². The van der Waals surface area contributed by atoms with Gasteiger partial charge in [0.1, 0.15) is 5.75 Å². The maximum Gasteiger partial charge on any atom is 0.313 e. The van der Waals surface area contributed by atoms with Gasteiger partial charge in [-0.25, -0.2) is 0 Å². The summed E-state index contributed by atoms with van der Waals surface area (Å²) < 4.78 is 5.30. The Labute approximate surface area is 193 Å². The smallest absolute Gasteiger partial charge is 0.313 e. The second-order valence-corrected chi connectivity index (χ2v) is 7.52. The lowest BCUT2D eigenvalue weighted by Gasteiger charge is -2.14. The van der Waals surface area contributed by atoms with Crippen molar-refractivity contribution in [1.82, 2.24) is 10.6 Å². The van der Waals surface area contributed by atoms with Gasteiger partial charge in [-0.05, 0) is 29.7 Å². The standard InChI is InChI=1S/C26H27N3O4/c1-18(19-10-4-3-5-11-19)16-27-25(31)26(32)29-22-14-8-7-13-21(22)24(30)28-17-20-12-6-9-15-23(20)33-2/h3-15,18H,16-17H2,1-2H3,(H,27,31)(H,28,30)(H,29,32)/t18-/m1/s1. The molecule has 0 spiro atoms. The first-order valence-electron chi connectivity index (χ1n) is 10.6. The molecular formula is C26H27N3O4. The van der Waals surface area contributed by atoms with Gasteiger partial charge in [0.2, 0.25) is 0 Å². The zero-order chi connectivity index (χ0) is 23.6. The number of ether oxygens (including phenoxy) is 1. The molecule has 0 aliphatic heterocycles. The van der Waals surface area contributed by atoms with Gasteiger partial charge in [0.15, 0.2) is 0 Å². The molecule has 0 unspecified atom stereocenters. The number of methoxy groups -OCH3 is 1. The minimum Gasteiger partial charge on any atom is -0.496 e. The molecule has 3 rings (SSSR count). The molecule has 0 radical (unpaired) electrons. The quantitative estimate of drug-likeness (QED) is 0.463. The van der Waals surface area contributed by atoms with Crippen LogP contribution in [0, 0.1) is 0 Å². The number of para-hydroxylation sites is 2. The van der Waals surface area contributed by atoms with E-state index in [4.69, 9.17) is 4.74 Å². The van der Waals surface area contributed by atoms with Crippen molar-refractivity contribution in [3.8, 4) is 5.75 Å². The van der Waals surface area contributed by atoms with Crippen LogP contribution in [0.15, 0.2) is 78.9 Å². The lowest BCUT2D eigenvalue weighted by molar-refractivity contribution is -0.136. The minimum atomic E-state index is -0.833. The molecule has 1 atom stereocenters. The first-order chi connectivity index (χ1) is 16.0. The highest BCUT2D eigenvalue weighted by atomic mass is 16.5. The third-order valence-electron chi connectivity index (χ3n) is 5.20. The first-order valence-corrected chi connectivity index (χ1v) is 10.6. The highest BCUT2D eigenvalue weighted by Gasteiger charge is 2.19. The van der Waals surface area contributed by atoms with E-state index in [0.717, 1.165) is 11.1 Å². The van der Waals surface area contributed by atoms with E-state index in [9.17, 15) is 14.4 Å². The van der Waals surface area contributed by atoms with Crippen molar-refractivity contribution in [3.05, 3.63) is 95.6 Å². The van der Waals surface area contributed by atoms with Crippen molar-refractivity contribution in [2.45, 2.75) is 19.4 Å². The van der Waals surface area contributed by atoms with Crippen LogP contribution >= 0.6 is 0 Å². The minimum absolute atomic E-state index is 0.0518. The number of carbonyl (C=O) groups excluding carboxylic acids is 3. The van der Waals surface area contributed by atoms with Crippen LogP contribution in [-0.4, -0.2) is 31.4 Å². The average molecular weight is 446 g/mol. The molecule has 3 amide bonds. The normalized spacial score (nSPS) is 11.2. The molecule has 3 aromatic carbocycles. The Morgan fingerprint density at radius 2 is 1.48 bits per heavy atom. The zero-order valence-electron chi connectivity index (χ0n) is 18.6. The topological polar surface area (TPSA) is 96.5 Å². The summed E-state index contributed by atoms with van der Waals surface area (Å²) in [4.78, 5) is 37.5. The predicted octanol–water partition coefficient (Wildman–Crippen LogP) is 3.48. The Morgan fingerprint density at radius 3 is 2.24 bits per heavy atom. The summed E-state index contributed by atoms with van der Waals surface area (Å²) in [6.45, 7) is 2.54. The fourth-order valence-corrected chi connectivity index (χ4v) is 3.31. The SMILES string of the molecule is COc1ccccc1CNC(=O)c1ccccc1NC(=O)C(=O)NC[C@@H](C)c1ccccc1. The van der Waals surface area contributed by atoms with Gasteiger partial charge in [0.25, 0.3) is 5.91 Å². The summed E-state index contributed by atoms with van der Waals surface area (Å²) in [5.41, 5.74) is 2.40. The van der Waals surface area contributed by atoms with Gasteiger partial charge in [0, 0.05) is 18.7 Å². The van der Waals surface area contributed by atoms with E-state index in [1.165, 1.54) is 0 Å². The van der Waals surface area contributed by atoms with Gasteiger partial charge in [-0.15, -0.1) is 0 Å². The lowest BCUT2D eigenvalue weighted by atomic mass is 10.0. The van der Waals surface area contributed by atoms with Crippen LogP contribution in [0.4, 0.5) is 5.69 Å². The number of anilines is 1. The Bertz CT molecular complexity index is 1120. The van der Waals surface area contributed by atoms with E-state index in [1.54, 1.807) is 31.4 Å². The monoisotopic (exact) mass is 445 g/mol. The summed E-state index contributed by atoms with van der Waals surface area (Å²) in [7, 11) is 1.57. The summed E-state index contributed by atoms with van der Waals surface area (Å²) >= 11 is 0. The first kappa shape index (κ1) is 23.5. The van der Waals surface area contributed by atoms with Gasteiger partial charge in [-0.1, -0.05) is 67.6 Å². The summed E-state index contributed by atoms with van der Waals surface area (Å²) in [6, 6.07) is 23.6. The number of benzene rings is 3. The molecule has 0 heterocycles. The Balaban J connectivity index is 1.59. The third kappa shape index (κ3) is 6.43. The molecule has 7 nitrogen and oxygen atoms in total. The zero-order valence-corrected chi connectivity index (χ0v) is 18.6. The molecule has 0 aliphatic rings. The molecule has 0 aliphatic carbocycles. The number of hydrogen-bond acceptors (Lipinski definition) is 4. The summed E-state index contributed by atoms with van der Waals surface area (Å²) in [5.74, 6) is -1.26. The lowest BCUT2D eigenvalue weighted by Crippen LogP contribution is -2.37. The van der Waals surface area contributed by atoms with Gasteiger partial charge in [0.05, 0.1) is 18.4 Å². The Kier molecular flexibility index (Phi) is 8.18. The maximum atomic E-state index is 12.8. The largest absolute Gasteiger partial charge is 0.496 e. The van der Waals surface area contributed by atoms with E-state index in [0.29, 0.717) is 12.3 Å². The molecule has 7 heteroatoms. The highest BCUT2D eigenvalue weighted by Crippen LogP contribution is 2.19. The fourth-order valence-electron chi connectivity index (χ4n) is 3.31. The molecule has 33 heavy (non-hydrogen) atoms. The van der Waals surface area contributed by atoms with Crippen molar-refractivity contribution in [2.24, 2.45) is 0 Å². The molecule has 3 N–H and O–H groups in total. The van der Waals surface area contributed by atoms with Crippen LogP contribution < -0.4 is 20.7 Å². The maximum absolute atomic E-state index is 12.8. The van der Waals surface area contributed by atoms with Gasteiger partial charge >= 0.3 is 11.8 Å². The van der Waals surface area contributed by atoms with Gasteiger partial charge in [-0.3, -0.25) is 14.4 Å². The predicted molar refractivity (Wildman–Crippen MR) is 127 cm³/mol. The van der Waals surface area contributed by atoms with Crippen LogP contribution in [-0.2, 0) is 16.1 Å². The van der Waals surface area contributed by atoms with Gasteiger partial charge < -0.3 is 20.7 Å². The van der Waals surface area contributed by atoms with Crippen molar-refractivity contribution in [1.29, 1.82) is 0 Å². The number of hydrogen-bond donors (Lipinski definition) is 3. The number of nitrogens with one attached hydrogen (secondary N) is 3. The average Bonchev–Trinajstić information content (AvgIpc) is 2.86. The van der Waals surface area contributed by atoms with Crippen LogP contribution in [0.3, 0.4) is 0 Å². The van der Waals surface area contributed by atoms with Crippen molar-refractivity contribution in [2.75, 3.05) is 19.0 Å². The highest BCUT2D eigenvalue weighted by molar-refractivity contribution is 6.40. The number of carbonyl (C=O) groups is 3. The Morgan fingerprint density at radius 1 is 0.818 bits per heavy atom. The fraction of sp³-hybridized carbons (Fsp3) is 0.192. The number of amides is 3. The van der Waals surface area contributed by atoms with Crippen LogP contribution in [0.2, 0.25) is 0 Å². The van der Waals surface area contributed by atoms with E-state index in [1.807, 2.05) is 61.5 Å². The van der Waals surface area contributed by atoms with Crippen molar-refractivity contribution < 1.29 is 19.1 Å². The van der Waals surface area contributed by atoms with E-state index >= 15 is 0 Å². The van der Waals surface area contributed by atoms with E-state index in [-0.39, 0.29) is 29.6 Å². The summed E-state index contributed by atoms with van der Waals surface area (Å²) in [6.07, 6.45) is 0. The number of rotatable bonds is 8. The molecule has 0 fully saturated rings. The molecule has 3 aromatic rings. The molecule has 0 saturated heterocycles. The second kappa shape index (κ2) is 11.5. The molecular weight excluding hydrogens is 418 g/mol. The van der Waals surface area contributed by atoms with Crippen LogP contribution in [0.25, 0.3) is 0 Å². The third-order valence-corrected chi connectivity index (χ3v) is 5.20. The van der Waals surface area contributed by atoms with Crippen LogP contribution in [0.1, 0.15) is 34.3 Å². The van der Waals surface area contributed by atoms with E-state index < -0.39 is 11.8 Å². The van der Waals surface area contributed by atoms with Crippen molar-refractivity contribution >= 4 is 23.4 Å². The summed E-state index contributed by atoms with van der Waals surface area (Å²) in [5, 5.41) is 8.00. The molecule has 0 bridgehead atoms. The van der Waals surface area contributed by atoms with Crippen LogP contribution in [0.5, 0.6) is 5.75 Å². The molecule has 170 valence electrons. The Hall–Kier alpha value is -4.13.